The van der Waals surface area contributed by atoms with E-state index in [1.807, 2.05) is 30.5 Å². The van der Waals surface area contributed by atoms with Gasteiger partial charge in [0.25, 0.3) is 0 Å². The van der Waals surface area contributed by atoms with Gasteiger partial charge in [0.2, 0.25) is 0 Å². The standard InChI is InChI=1S/C38H27N3/c1-2-11-29(12-3-1)38-40-36(25-37(41-38)34-16-7-15-32(24-34)35-17-8-20-39-26-35)22-27-9-6-14-30(21-27)33-19-18-28-10-4-5-13-31(28)23-33/h1-21,23-26H,22H2. The first-order valence-corrected chi connectivity index (χ1v) is 13.8. The van der Waals surface area contributed by atoms with Crippen LogP contribution in [-0.2, 0) is 6.42 Å². The van der Waals surface area contributed by atoms with E-state index >= 15 is 0 Å². The van der Waals surface area contributed by atoms with Gasteiger partial charge >= 0.3 is 0 Å². The molecule has 3 nitrogen and oxygen atoms in total. The fourth-order valence-electron chi connectivity index (χ4n) is 5.28. The van der Waals surface area contributed by atoms with Gasteiger partial charge in [0.1, 0.15) is 0 Å². The van der Waals surface area contributed by atoms with E-state index < -0.39 is 0 Å². The monoisotopic (exact) mass is 525 g/mol. The molecule has 0 saturated heterocycles. The van der Waals surface area contributed by atoms with Gasteiger partial charge in [-0.2, -0.15) is 0 Å². The van der Waals surface area contributed by atoms with Gasteiger partial charge in [-0.15, -0.1) is 0 Å². The average molecular weight is 526 g/mol. The Labute approximate surface area is 239 Å². The van der Waals surface area contributed by atoms with E-state index in [4.69, 9.17) is 9.97 Å². The minimum atomic E-state index is 0.707. The molecule has 0 radical (unpaired) electrons. The van der Waals surface area contributed by atoms with Crippen LogP contribution in [0.15, 0.2) is 152 Å². The zero-order valence-electron chi connectivity index (χ0n) is 22.5. The van der Waals surface area contributed by atoms with Gasteiger partial charge < -0.3 is 0 Å². The van der Waals surface area contributed by atoms with Gasteiger partial charge in [-0.1, -0.05) is 115 Å². The first-order valence-electron chi connectivity index (χ1n) is 13.8. The molecule has 0 aliphatic carbocycles. The van der Waals surface area contributed by atoms with Crippen LogP contribution in [0.3, 0.4) is 0 Å². The molecule has 7 aromatic rings. The highest BCUT2D eigenvalue weighted by Crippen LogP contribution is 2.29. The topological polar surface area (TPSA) is 38.7 Å². The van der Waals surface area contributed by atoms with Crippen molar-refractivity contribution in [3.05, 3.63) is 163 Å². The largest absolute Gasteiger partial charge is 0.264 e. The Hall–Kier alpha value is -5.41. The fraction of sp³-hybridized carbons (Fsp3) is 0.0263. The predicted molar refractivity (Wildman–Crippen MR) is 168 cm³/mol. The summed E-state index contributed by atoms with van der Waals surface area (Å²) in [5, 5.41) is 2.50. The van der Waals surface area contributed by atoms with Crippen LogP contribution in [0.4, 0.5) is 0 Å². The number of rotatable bonds is 6. The van der Waals surface area contributed by atoms with Gasteiger partial charge in [0.15, 0.2) is 5.82 Å². The molecule has 2 aromatic heterocycles. The zero-order chi connectivity index (χ0) is 27.4. The van der Waals surface area contributed by atoms with E-state index in [9.17, 15) is 0 Å². The normalized spacial score (nSPS) is 11.0. The van der Waals surface area contributed by atoms with Crippen LogP contribution in [0.5, 0.6) is 0 Å². The van der Waals surface area contributed by atoms with Crippen molar-refractivity contribution >= 4 is 10.8 Å². The second kappa shape index (κ2) is 11.0. The maximum absolute atomic E-state index is 5.03. The highest BCUT2D eigenvalue weighted by Gasteiger charge is 2.11. The zero-order valence-corrected chi connectivity index (χ0v) is 22.5. The summed E-state index contributed by atoms with van der Waals surface area (Å²) in [6, 6.07) is 48.8. The first-order chi connectivity index (χ1) is 20.3. The number of hydrogen-bond acceptors (Lipinski definition) is 3. The number of nitrogens with zero attached hydrogens (tertiary/aromatic N) is 3. The molecule has 0 atom stereocenters. The van der Waals surface area contributed by atoms with Gasteiger partial charge in [-0.3, -0.25) is 4.98 Å². The van der Waals surface area contributed by atoms with E-state index in [-0.39, 0.29) is 0 Å². The van der Waals surface area contributed by atoms with E-state index in [2.05, 4.69) is 120 Å². The number of pyridine rings is 1. The maximum Gasteiger partial charge on any atom is 0.160 e. The number of hydrogen-bond donors (Lipinski definition) is 0. The predicted octanol–water partition coefficient (Wildman–Crippen LogP) is 9.28. The lowest BCUT2D eigenvalue weighted by Gasteiger charge is -2.11. The summed E-state index contributed by atoms with van der Waals surface area (Å²) >= 11 is 0. The summed E-state index contributed by atoms with van der Waals surface area (Å²) in [6.45, 7) is 0. The summed E-state index contributed by atoms with van der Waals surface area (Å²) in [5.74, 6) is 0.732. The lowest BCUT2D eigenvalue weighted by molar-refractivity contribution is 1.04. The molecule has 0 spiro atoms. The highest BCUT2D eigenvalue weighted by molar-refractivity contribution is 5.87. The molecule has 5 aromatic carbocycles. The number of aromatic nitrogens is 3. The van der Waals surface area contributed by atoms with Crippen LogP contribution >= 0.6 is 0 Å². The van der Waals surface area contributed by atoms with Crippen molar-refractivity contribution in [1.29, 1.82) is 0 Å². The molecule has 194 valence electrons. The van der Waals surface area contributed by atoms with Crippen LogP contribution in [0, 0.1) is 0 Å². The third-order valence-corrected chi connectivity index (χ3v) is 7.36. The molecule has 0 unspecified atom stereocenters. The van der Waals surface area contributed by atoms with Crippen molar-refractivity contribution in [2.75, 3.05) is 0 Å². The lowest BCUT2D eigenvalue weighted by Crippen LogP contribution is -2.00. The van der Waals surface area contributed by atoms with Crippen molar-refractivity contribution < 1.29 is 0 Å². The molecule has 3 heteroatoms. The van der Waals surface area contributed by atoms with E-state index in [1.165, 1.54) is 27.5 Å². The summed E-state index contributed by atoms with van der Waals surface area (Å²) in [5.41, 5.74) is 9.77. The van der Waals surface area contributed by atoms with E-state index in [0.717, 1.165) is 39.5 Å². The van der Waals surface area contributed by atoms with Gasteiger partial charge in [-0.25, -0.2) is 9.97 Å². The second-order valence-electron chi connectivity index (χ2n) is 10.2. The molecule has 41 heavy (non-hydrogen) atoms. The van der Waals surface area contributed by atoms with E-state index in [1.54, 1.807) is 6.20 Å². The summed E-state index contributed by atoms with van der Waals surface area (Å²) in [4.78, 5) is 14.3. The molecule has 2 heterocycles. The smallest absolute Gasteiger partial charge is 0.160 e. The Bertz CT molecular complexity index is 1960. The van der Waals surface area contributed by atoms with Gasteiger partial charge in [-0.05, 0) is 57.3 Å². The van der Waals surface area contributed by atoms with Crippen LogP contribution < -0.4 is 0 Å². The summed E-state index contributed by atoms with van der Waals surface area (Å²) in [7, 11) is 0. The Kier molecular flexibility index (Phi) is 6.60. The van der Waals surface area contributed by atoms with Crippen LogP contribution in [-0.4, -0.2) is 15.0 Å². The minimum absolute atomic E-state index is 0.707. The molecule has 0 saturated carbocycles. The Morgan fingerprint density at radius 2 is 1.15 bits per heavy atom. The number of benzene rings is 5. The van der Waals surface area contributed by atoms with Gasteiger partial charge in [0.05, 0.1) is 5.69 Å². The quantitative estimate of drug-likeness (QED) is 0.217. The summed E-state index contributed by atoms with van der Waals surface area (Å²) in [6.07, 6.45) is 4.40. The first kappa shape index (κ1) is 24.6. The summed E-state index contributed by atoms with van der Waals surface area (Å²) < 4.78 is 0. The molecular weight excluding hydrogens is 498 g/mol. The van der Waals surface area contributed by atoms with Crippen molar-refractivity contribution in [1.82, 2.24) is 15.0 Å². The highest BCUT2D eigenvalue weighted by atomic mass is 14.9. The minimum Gasteiger partial charge on any atom is -0.264 e. The lowest BCUT2D eigenvalue weighted by atomic mass is 9.98. The van der Waals surface area contributed by atoms with Gasteiger partial charge in [0, 0.05) is 41.2 Å². The van der Waals surface area contributed by atoms with Crippen molar-refractivity contribution in [2.24, 2.45) is 0 Å². The van der Waals surface area contributed by atoms with Crippen LogP contribution in [0.25, 0.3) is 55.7 Å². The second-order valence-corrected chi connectivity index (χ2v) is 10.2. The van der Waals surface area contributed by atoms with Crippen LogP contribution in [0.2, 0.25) is 0 Å². The Morgan fingerprint density at radius 3 is 2.00 bits per heavy atom. The van der Waals surface area contributed by atoms with Crippen LogP contribution in [0.1, 0.15) is 11.3 Å². The Balaban J connectivity index is 1.27. The SMILES string of the molecule is c1ccc(-c2nc(Cc3cccc(-c4ccc5ccccc5c4)c3)cc(-c3cccc(-c4cccnc4)c3)n2)cc1. The molecule has 7 rings (SSSR count). The maximum atomic E-state index is 5.03. The molecule has 0 aliphatic rings. The van der Waals surface area contributed by atoms with Crippen molar-refractivity contribution in [3.63, 3.8) is 0 Å². The van der Waals surface area contributed by atoms with Crippen molar-refractivity contribution in [3.8, 4) is 44.9 Å². The molecule has 0 amide bonds. The Morgan fingerprint density at radius 1 is 0.439 bits per heavy atom. The fourth-order valence-corrected chi connectivity index (χ4v) is 5.28. The van der Waals surface area contributed by atoms with E-state index in [0.29, 0.717) is 6.42 Å². The average Bonchev–Trinajstić information content (AvgIpc) is 3.05. The molecule has 0 bridgehead atoms. The molecular formula is C38H27N3. The third-order valence-electron chi connectivity index (χ3n) is 7.36. The number of fused-ring (bicyclic) bond motifs is 1. The molecule has 0 N–H and O–H groups in total. The third kappa shape index (κ3) is 5.39. The van der Waals surface area contributed by atoms with Crippen molar-refractivity contribution in [2.45, 2.75) is 6.42 Å². The molecule has 0 aliphatic heterocycles. The molecule has 0 fully saturated rings.